The Bertz CT molecular complexity index is 588. The molecule has 0 radical (unpaired) electrons. The Hall–Kier alpha value is -1.74. The summed E-state index contributed by atoms with van der Waals surface area (Å²) in [5, 5.41) is 3.35. The highest BCUT2D eigenvalue weighted by Crippen LogP contribution is 2.33. The van der Waals surface area contributed by atoms with Crippen LogP contribution >= 0.6 is 0 Å². The highest BCUT2D eigenvalue weighted by molar-refractivity contribution is 5.61. The van der Waals surface area contributed by atoms with Crippen LogP contribution in [0.3, 0.4) is 0 Å². The molecule has 0 amide bonds. The Morgan fingerprint density at radius 1 is 1.25 bits per heavy atom. The number of ether oxygens (including phenoxy) is 1. The number of furan rings is 1. The first-order valence-electron chi connectivity index (χ1n) is 7.35. The predicted octanol–water partition coefficient (Wildman–Crippen LogP) is 3.77. The fourth-order valence-electron chi connectivity index (χ4n) is 2.59. The van der Waals surface area contributed by atoms with Crippen LogP contribution in [0.5, 0.6) is 5.75 Å². The molecule has 3 nitrogen and oxygen atoms in total. The molecule has 1 unspecified atom stereocenters. The van der Waals surface area contributed by atoms with Crippen molar-refractivity contribution in [2.24, 2.45) is 0 Å². The number of hydrogen-bond donors (Lipinski definition) is 1. The van der Waals surface area contributed by atoms with E-state index in [1.807, 2.05) is 18.2 Å². The molecule has 0 saturated carbocycles. The Kier molecular flexibility index (Phi) is 3.79. The molecule has 0 aliphatic carbocycles. The molecule has 0 saturated heterocycles. The quantitative estimate of drug-likeness (QED) is 0.841. The highest BCUT2D eigenvalue weighted by Gasteiger charge is 2.19. The highest BCUT2D eigenvalue weighted by atomic mass is 16.5. The zero-order chi connectivity index (χ0) is 13.9. The third-order valence-electron chi connectivity index (χ3n) is 3.57. The van der Waals surface area contributed by atoms with E-state index in [1.54, 1.807) is 0 Å². The second-order valence-electron chi connectivity index (χ2n) is 5.40. The van der Waals surface area contributed by atoms with Crippen LogP contribution in [0, 0.1) is 0 Å². The SMILES string of the molecule is CCCNCc1ccc(-c2ccc3c(c2)CC(C)O3)o1. The van der Waals surface area contributed by atoms with Gasteiger partial charge in [-0.1, -0.05) is 6.92 Å². The van der Waals surface area contributed by atoms with E-state index in [2.05, 4.69) is 31.3 Å². The van der Waals surface area contributed by atoms with Gasteiger partial charge < -0.3 is 14.5 Å². The minimum atomic E-state index is 0.283. The molecular weight excluding hydrogens is 250 g/mol. The second kappa shape index (κ2) is 5.71. The Balaban J connectivity index is 1.75. The third kappa shape index (κ3) is 2.73. The maximum absolute atomic E-state index is 5.90. The molecule has 2 aromatic rings. The van der Waals surface area contributed by atoms with Gasteiger partial charge in [0.1, 0.15) is 23.4 Å². The van der Waals surface area contributed by atoms with Crippen LogP contribution < -0.4 is 10.1 Å². The smallest absolute Gasteiger partial charge is 0.134 e. The van der Waals surface area contributed by atoms with Crippen LogP contribution in [0.4, 0.5) is 0 Å². The van der Waals surface area contributed by atoms with Gasteiger partial charge >= 0.3 is 0 Å². The van der Waals surface area contributed by atoms with Gasteiger partial charge in [-0.25, -0.2) is 0 Å². The number of benzene rings is 1. The van der Waals surface area contributed by atoms with Gasteiger partial charge in [-0.05, 0) is 55.8 Å². The summed E-state index contributed by atoms with van der Waals surface area (Å²) in [6.45, 7) is 6.07. The van der Waals surface area contributed by atoms with Crippen molar-refractivity contribution in [2.75, 3.05) is 6.54 Å². The van der Waals surface area contributed by atoms with Crippen LogP contribution in [-0.2, 0) is 13.0 Å². The summed E-state index contributed by atoms with van der Waals surface area (Å²) in [6.07, 6.45) is 2.40. The summed E-state index contributed by atoms with van der Waals surface area (Å²) < 4.78 is 11.6. The normalized spacial score (nSPS) is 17.0. The van der Waals surface area contributed by atoms with Crippen LogP contribution in [0.25, 0.3) is 11.3 Å². The van der Waals surface area contributed by atoms with E-state index >= 15 is 0 Å². The average Bonchev–Trinajstić information content (AvgIpc) is 3.03. The zero-order valence-corrected chi connectivity index (χ0v) is 12.1. The lowest BCUT2D eigenvalue weighted by atomic mass is 10.1. The lowest BCUT2D eigenvalue weighted by molar-refractivity contribution is 0.254. The second-order valence-corrected chi connectivity index (χ2v) is 5.40. The van der Waals surface area contributed by atoms with Crippen LogP contribution in [0.15, 0.2) is 34.7 Å². The molecule has 1 aromatic carbocycles. The van der Waals surface area contributed by atoms with Gasteiger partial charge in [0.05, 0.1) is 6.54 Å². The summed E-state index contributed by atoms with van der Waals surface area (Å²) >= 11 is 0. The molecule has 3 rings (SSSR count). The van der Waals surface area contributed by atoms with Crippen molar-refractivity contribution in [3.8, 4) is 17.1 Å². The van der Waals surface area contributed by atoms with Crippen molar-refractivity contribution in [2.45, 2.75) is 39.3 Å². The molecule has 2 heterocycles. The van der Waals surface area contributed by atoms with Crippen LogP contribution in [-0.4, -0.2) is 12.6 Å². The minimum absolute atomic E-state index is 0.283. The molecule has 1 N–H and O–H groups in total. The first-order chi connectivity index (χ1) is 9.76. The summed E-state index contributed by atoms with van der Waals surface area (Å²) in [5.74, 6) is 2.93. The standard InChI is InChI=1S/C17H21NO2/c1-3-8-18-11-15-5-7-16(20-15)13-4-6-17-14(10-13)9-12(2)19-17/h4-7,10,12,18H,3,8-9,11H2,1-2H3. The van der Waals surface area contributed by atoms with Crippen LogP contribution in [0.2, 0.25) is 0 Å². The molecule has 1 aromatic heterocycles. The third-order valence-corrected chi connectivity index (χ3v) is 3.57. The fourth-order valence-corrected chi connectivity index (χ4v) is 2.59. The number of hydrogen-bond acceptors (Lipinski definition) is 3. The average molecular weight is 271 g/mol. The van der Waals surface area contributed by atoms with E-state index in [1.165, 1.54) is 5.56 Å². The Labute approximate surface area is 119 Å². The van der Waals surface area contributed by atoms with E-state index in [9.17, 15) is 0 Å². The molecule has 3 heteroatoms. The summed E-state index contributed by atoms with van der Waals surface area (Å²) in [7, 11) is 0. The monoisotopic (exact) mass is 271 g/mol. The number of fused-ring (bicyclic) bond motifs is 1. The molecule has 0 fully saturated rings. The largest absolute Gasteiger partial charge is 0.490 e. The molecule has 1 aliphatic rings. The summed E-state index contributed by atoms with van der Waals surface area (Å²) in [6, 6.07) is 10.4. The zero-order valence-electron chi connectivity index (χ0n) is 12.1. The van der Waals surface area contributed by atoms with Crippen molar-refractivity contribution in [1.29, 1.82) is 0 Å². The van der Waals surface area contributed by atoms with Gasteiger partial charge in [0.15, 0.2) is 0 Å². The van der Waals surface area contributed by atoms with Gasteiger partial charge in [0, 0.05) is 12.0 Å². The molecule has 106 valence electrons. The first-order valence-corrected chi connectivity index (χ1v) is 7.35. The van der Waals surface area contributed by atoms with Gasteiger partial charge in [-0.2, -0.15) is 0 Å². The minimum Gasteiger partial charge on any atom is -0.490 e. The van der Waals surface area contributed by atoms with Crippen molar-refractivity contribution in [3.63, 3.8) is 0 Å². The van der Waals surface area contributed by atoms with Crippen molar-refractivity contribution < 1.29 is 9.15 Å². The summed E-state index contributed by atoms with van der Waals surface area (Å²) in [4.78, 5) is 0. The first kappa shape index (κ1) is 13.3. The molecule has 0 spiro atoms. The maximum Gasteiger partial charge on any atom is 0.134 e. The van der Waals surface area contributed by atoms with E-state index in [0.29, 0.717) is 0 Å². The number of nitrogens with one attached hydrogen (secondary N) is 1. The molecule has 1 atom stereocenters. The lowest BCUT2D eigenvalue weighted by Gasteiger charge is -2.03. The Morgan fingerprint density at radius 2 is 2.15 bits per heavy atom. The van der Waals surface area contributed by atoms with Crippen LogP contribution in [0.1, 0.15) is 31.6 Å². The molecule has 0 bridgehead atoms. The fraction of sp³-hybridized carbons (Fsp3) is 0.412. The molecular formula is C17H21NO2. The van der Waals surface area contributed by atoms with Crippen molar-refractivity contribution in [3.05, 3.63) is 41.7 Å². The van der Waals surface area contributed by atoms with E-state index < -0.39 is 0 Å². The maximum atomic E-state index is 5.90. The lowest BCUT2D eigenvalue weighted by Crippen LogP contribution is -2.12. The van der Waals surface area contributed by atoms with Crippen molar-refractivity contribution in [1.82, 2.24) is 5.32 Å². The molecule has 1 aliphatic heterocycles. The Morgan fingerprint density at radius 3 is 3.00 bits per heavy atom. The van der Waals surface area contributed by atoms with E-state index in [-0.39, 0.29) is 6.10 Å². The van der Waals surface area contributed by atoms with Gasteiger partial charge in [-0.15, -0.1) is 0 Å². The topological polar surface area (TPSA) is 34.4 Å². The van der Waals surface area contributed by atoms with Gasteiger partial charge in [0.2, 0.25) is 0 Å². The number of rotatable bonds is 5. The van der Waals surface area contributed by atoms with E-state index in [4.69, 9.17) is 9.15 Å². The van der Waals surface area contributed by atoms with E-state index in [0.717, 1.165) is 48.8 Å². The van der Waals surface area contributed by atoms with Gasteiger partial charge in [0.25, 0.3) is 0 Å². The summed E-state index contributed by atoms with van der Waals surface area (Å²) in [5.41, 5.74) is 2.40. The van der Waals surface area contributed by atoms with Crippen molar-refractivity contribution >= 4 is 0 Å². The predicted molar refractivity (Wildman–Crippen MR) is 79.9 cm³/mol. The molecule has 20 heavy (non-hydrogen) atoms. The van der Waals surface area contributed by atoms with Gasteiger partial charge in [-0.3, -0.25) is 0 Å².